The Morgan fingerprint density at radius 3 is 2.81 bits per heavy atom. The number of carbonyl (C=O) groups excluding carboxylic acids is 1. The molecule has 0 saturated heterocycles. The quantitative estimate of drug-likeness (QED) is 0.519. The van der Waals surface area contributed by atoms with E-state index < -0.39 is 5.82 Å². The zero-order chi connectivity index (χ0) is 18.8. The molecule has 0 radical (unpaired) electrons. The normalized spacial score (nSPS) is 10.9. The standard InChI is InChI=1S/C19H13ClFN3O2S/c20-15-9-13(21)3-6-17(15)26-11-18(25)22-14-4-1-12(2-5-14)16-10-24-7-8-27-19(24)23-16/h1-10H,11H2,(H,22,25). The number of nitrogens with one attached hydrogen (secondary N) is 1. The van der Waals surface area contributed by atoms with Crippen molar-refractivity contribution in [1.29, 1.82) is 0 Å². The van der Waals surface area contributed by atoms with Crippen LogP contribution in [-0.4, -0.2) is 21.9 Å². The van der Waals surface area contributed by atoms with Crippen molar-refractivity contribution in [2.24, 2.45) is 0 Å². The maximum absolute atomic E-state index is 13.0. The lowest BCUT2D eigenvalue weighted by atomic mass is 10.1. The lowest BCUT2D eigenvalue weighted by Crippen LogP contribution is -2.20. The molecular formula is C19H13ClFN3O2S. The smallest absolute Gasteiger partial charge is 0.262 e. The molecule has 0 fully saturated rings. The lowest BCUT2D eigenvalue weighted by Gasteiger charge is -2.09. The van der Waals surface area contributed by atoms with Gasteiger partial charge in [0.25, 0.3) is 5.91 Å². The molecule has 1 N–H and O–H groups in total. The minimum absolute atomic E-state index is 0.118. The van der Waals surface area contributed by atoms with E-state index >= 15 is 0 Å². The van der Waals surface area contributed by atoms with Gasteiger partial charge in [0.05, 0.1) is 10.7 Å². The van der Waals surface area contributed by atoms with Crippen molar-refractivity contribution in [1.82, 2.24) is 9.38 Å². The molecule has 27 heavy (non-hydrogen) atoms. The predicted octanol–water partition coefficient (Wildman–Crippen LogP) is 4.87. The number of thiazole rings is 1. The molecule has 0 atom stereocenters. The van der Waals surface area contributed by atoms with Crippen LogP contribution in [0.3, 0.4) is 0 Å². The Morgan fingerprint density at radius 1 is 1.26 bits per heavy atom. The highest BCUT2D eigenvalue weighted by molar-refractivity contribution is 7.15. The molecule has 0 aliphatic rings. The summed E-state index contributed by atoms with van der Waals surface area (Å²) in [7, 11) is 0. The number of amides is 1. The van der Waals surface area contributed by atoms with Crippen LogP contribution in [0.2, 0.25) is 5.02 Å². The Morgan fingerprint density at radius 2 is 2.07 bits per heavy atom. The molecule has 4 rings (SSSR count). The first-order valence-corrected chi connectivity index (χ1v) is 9.24. The molecule has 2 aromatic carbocycles. The second kappa shape index (κ2) is 7.38. The molecule has 1 amide bonds. The lowest BCUT2D eigenvalue weighted by molar-refractivity contribution is -0.118. The van der Waals surface area contributed by atoms with Gasteiger partial charge in [-0.3, -0.25) is 9.20 Å². The summed E-state index contributed by atoms with van der Waals surface area (Å²) in [6, 6.07) is 11.1. The van der Waals surface area contributed by atoms with E-state index in [4.69, 9.17) is 16.3 Å². The molecule has 4 aromatic rings. The van der Waals surface area contributed by atoms with Gasteiger partial charge in [0.1, 0.15) is 11.6 Å². The first kappa shape index (κ1) is 17.5. The number of rotatable bonds is 5. The molecule has 2 aromatic heterocycles. The molecule has 0 bridgehead atoms. The van der Waals surface area contributed by atoms with Gasteiger partial charge in [-0.15, -0.1) is 11.3 Å². The number of benzene rings is 2. The maximum Gasteiger partial charge on any atom is 0.262 e. The van der Waals surface area contributed by atoms with Crippen molar-refractivity contribution in [3.8, 4) is 17.0 Å². The van der Waals surface area contributed by atoms with E-state index in [1.165, 1.54) is 12.1 Å². The maximum atomic E-state index is 13.0. The van der Waals surface area contributed by atoms with E-state index in [2.05, 4.69) is 10.3 Å². The largest absolute Gasteiger partial charge is 0.482 e. The van der Waals surface area contributed by atoms with E-state index in [9.17, 15) is 9.18 Å². The van der Waals surface area contributed by atoms with E-state index in [0.29, 0.717) is 5.69 Å². The zero-order valence-corrected chi connectivity index (χ0v) is 15.4. The van der Waals surface area contributed by atoms with Gasteiger partial charge in [-0.2, -0.15) is 0 Å². The molecule has 0 spiro atoms. The van der Waals surface area contributed by atoms with Crippen molar-refractivity contribution < 1.29 is 13.9 Å². The first-order chi connectivity index (χ1) is 13.1. The number of carbonyl (C=O) groups is 1. The fourth-order valence-corrected chi connectivity index (χ4v) is 3.45. The van der Waals surface area contributed by atoms with Crippen LogP contribution in [0.15, 0.2) is 60.2 Å². The van der Waals surface area contributed by atoms with E-state index in [1.54, 1.807) is 23.5 Å². The number of anilines is 1. The van der Waals surface area contributed by atoms with E-state index in [0.717, 1.165) is 22.3 Å². The fraction of sp³-hybridized carbons (Fsp3) is 0.0526. The number of aromatic nitrogens is 2. The van der Waals surface area contributed by atoms with Crippen molar-refractivity contribution in [3.05, 3.63) is 71.1 Å². The number of nitrogens with zero attached hydrogens (tertiary/aromatic N) is 2. The van der Waals surface area contributed by atoms with Crippen LogP contribution in [0.4, 0.5) is 10.1 Å². The van der Waals surface area contributed by atoms with Crippen molar-refractivity contribution in [3.63, 3.8) is 0 Å². The van der Waals surface area contributed by atoms with Crippen LogP contribution >= 0.6 is 22.9 Å². The SMILES string of the molecule is O=C(COc1ccc(F)cc1Cl)Nc1ccc(-c2cn3ccsc3n2)cc1. The summed E-state index contributed by atoms with van der Waals surface area (Å²) in [5.74, 6) is -0.552. The second-order valence-electron chi connectivity index (χ2n) is 5.71. The van der Waals surface area contributed by atoms with Gasteiger partial charge in [-0.25, -0.2) is 9.37 Å². The third-order valence-corrected chi connectivity index (χ3v) is 4.88. The molecule has 2 heterocycles. The average Bonchev–Trinajstić information content (AvgIpc) is 3.23. The second-order valence-corrected chi connectivity index (χ2v) is 6.99. The molecule has 0 saturated carbocycles. The minimum atomic E-state index is -0.463. The van der Waals surface area contributed by atoms with E-state index in [1.807, 2.05) is 34.3 Å². The summed E-state index contributed by atoms with van der Waals surface area (Å²) in [5, 5.41) is 4.83. The molecular weight excluding hydrogens is 389 g/mol. The van der Waals surface area contributed by atoms with Crippen LogP contribution in [0.1, 0.15) is 0 Å². The molecule has 0 aliphatic heterocycles. The van der Waals surface area contributed by atoms with Gasteiger partial charge in [0.2, 0.25) is 0 Å². The number of ether oxygens (including phenoxy) is 1. The summed E-state index contributed by atoms with van der Waals surface area (Å²) < 4.78 is 20.3. The third-order valence-electron chi connectivity index (χ3n) is 3.81. The van der Waals surface area contributed by atoms with Crippen LogP contribution in [0, 0.1) is 5.82 Å². The van der Waals surface area contributed by atoms with Crippen molar-refractivity contribution in [2.45, 2.75) is 0 Å². The fourth-order valence-electron chi connectivity index (χ4n) is 2.52. The molecule has 0 aliphatic carbocycles. The average molecular weight is 402 g/mol. The Labute approximate surface area is 163 Å². The highest BCUT2D eigenvalue weighted by atomic mass is 35.5. The van der Waals surface area contributed by atoms with Crippen molar-refractivity contribution >= 4 is 39.5 Å². The Hall–Kier alpha value is -2.90. The third kappa shape index (κ3) is 3.94. The number of hydrogen-bond donors (Lipinski definition) is 1. The van der Waals surface area contributed by atoms with Crippen LogP contribution in [0.5, 0.6) is 5.75 Å². The van der Waals surface area contributed by atoms with Gasteiger partial charge in [0, 0.05) is 29.0 Å². The molecule has 136 valence electrons. The monoisotopic (exact) mass is 401 g/mol. The van der Waals surface area contributed by atoms with Crippen LogP contribution in [0.25, 0.3) is 16.2 Å². The molecule has 5 nitrogen and oxygen atoms in total. The number of fused-ring (bicyclic) bond motifs is 1. The topological polar surface area (TPSA) is 55.6 Å². The van der Waals surface area contributed by atoms with Gasteiger partial charge in [-0.05, 0) is 30.3 Å². The number of imidazole rings is 1. The van der Waals surface area contributed by atoms with Crippen LogP contribution in [-0.2, 0) is 4.79 Å². The Bertz CT molecular complexity index is 1080. The van der Waals surface area contributed by atoms with Crippen molar-refractivity contribution in [2.75, 3.05) is 11.9 Å². The minimum Gasteiger partial charge on any atom is -0.482 e. The highest BCUT2D eigenvalue weighted by Crippen LogP contribution is 2.25. The summed E-state index contributed by atoms with van der Waals surface area (Å²) in [5.41, 5.74) is 2.46. The van der Waals surface area contributed by atoms with Gasteiger partial charge in [0.15, 0.2) is 11.6 Å². The van der Waals surface area contributed by atoms with Gasteiger partial charge in [-0.1, -0.05) is 23.7 Å². The zero-order valence-electron chi connectivity index (χ0n) is 13.9. The predicted molar refractivity (Wildman–Crippen MR) is 104 cm³/mol. The number of halogens is 2. The summed E-state index contributed by atoms with van der Waals surface area (Å²) in [6.07, 6.45) is 3.91. The Kier molecular flexibility index (Phi) is 4.79. The van der Waals surface area contributed by atoms with Gasteiger partial charge >= 0.3 is 0 Å². The molecule has 0 unspecified atom stereocenters. The summed E-state index contributed by atoms with van der Waals surface area (Å²) in [6.45, 7) is -0.232. The molecule has 8 heteroatoms. The summed E-state index contributed by atoms with van der Waals surface area (Å²) in [4.78, 5) is 17.5. The van der Waals surface area contributed by atoms with E-state index in [-0.39, 0.29) is 23.3 Å². The highest BCUT2D eigenvalue weighted by Gasteiger charge is 2.09. The Balaban J connectivity index is 1.37. The van der Waals surface area contributed by atoms with Gasteiger partial charge < -0.3 is 10.1 Å². The first-order valence-electron chi connectivity index (χ1n) is 7.99. The number of hydrogen-bond acceptors (Lipinski definition) is 4. The summed E-state index contributed by atoms with van der Waals surface area (Å²) >= 11 is 7.44. The van der Waals surface area contributed by atoms with Crippen LogP contribution < -0.4 is 10.1 Å².